The molecule has 1 aromatic rings. The van der Waals surface area contributed by atoms with Crippen molar-refractivity contribution >= 4 is 29.4 Å². The Labute approximate surface area is 91.1 Å². The lowest BCUT2D eigenvalue weighted by Gasteiger charge is -1.92. The summed E-state index contributed by atoms with van der Waals surface area (Å²) < 4.78 is 5.30. The second-order valence-corrected chi connectivity index (χ2v) is 3.32. The van der Waals surface area contributed by atoms with Gasteiger partial charge in [-0.15, -0.1) is 11.6 Å². The van der Waals surface area contributed by atoms with E-state index in [1.807, 2.05) is 13.0 Å². The fourth-order valence-corrected chi connectivity index (χ4v) is 1.42. The Hall–Kier alpha value is -1.55. The van der Waals surface area contributed by atoms with Crippen LogP contribution in [0.15, 0.2) is 27.3 Å². The quantitative estimate of drug-likeness (QED) is 0.440. The third kappa shape index (κ3) is 1.94. The molecule has 0 unspecified atom stereocenters. The molecule has 0 aromatic carbocycles. The van der Waals surface area contributed by atoms with E-state index in [0.717, 1.165) is 5.76 Å². The van der Waals surface area contributed by atoms with E-state index >= 15 is 0 Å². The van der Waals surface area contributed by atoms with Crippen molar-refractivity contribution in [1.82, 2.24) is 0 Å². The van der Waals surface area contributed by atoms with Crippen LogP contribution in [0, 0.1) is 6.92 Å². The van der Waals surface area contributed by atoms with Gasteiger partial charge in [-0.3, -0.25) is 0 Å². The Morgan fingerprint density at radius 3 is 2.93 bits per heavy atom. The highest BCUT2D eigenvalue weighted by Gasteiger charge is 2.24. The van der Waals surface area contributed by atoms with Gasteiger partial charge in [-0.25, -0.2) is 4.79 Å². The van der Waals surface area contributed by atoms with E-state index in [0.29, 0.717) is 17.0 Å². The molecule has 0 radical (unpaired) electrons. The Kier molecular flexibility index (Phi) is 2.60. The minimum absolute atomic E-state index is 0.136. The number of carbonyl (C=O) groups excluding carboxylic acids is 1. The van der Waals surface area contributed by atoms with E-state index in [9.17, 15) is 4.79 Å². The van der Waals surface area contributed by atoms with Gasteiger partial charge in [0.1, 0.15) is 17.2 Å². The van der Waals surface area contributed by atoms with Crippen molar-refractivity contribution in [3.05, 3.63) is 29.2 Å². The molecule has 0 spiro atoms. The number of nitrogens with zero attached hydrogens (tertiary/aromatic N) is 1. The van der Waals surface area contributed by atoms with Crippen LogP contribution in [0.1, 0.15) is 11.5 Å². The average Bonchev–Trinajstić information content (AvgIpc) is 2.76. The van der Waals surface area contributed by atoms with Gasteiger partial charge >= 0.3 is 5.97 Å². The molecule has 5 heteroatoms. The molecule has 15 heavy (non-hydrogen) atoms. The lowest BCUT2D eigenvalue weighted by Crippen LogP contribution is -2.06. The topological polar surface area (TPSA) is 51.8 Å². The molecule has 0 N–H and O–H groups in total. The van der Waals surface area contributed by atoms with Crippen LogP contribution in [0.4, 0.5) is 0 Å². The largest absolute Gasteiger partial charge is 0.462 e. The highest BCUT2D eigenvalue weighted by Crippen LogP contribution is 2.17. The third-order valence-corrected chi connectivity index (χ3v) is 2.20. The summed E-state index contributed by atoms with van der Waals surface area (Å²) in [5.41, 5.74) is 0.773. The fourth-order valence-electron chi connectivity index (χ4n) is 1.22. The van der Waals surface area contributed by atoms with E-state index in [2.05, 4.69) is 9.99 Å². The first-order valence-corrected chi connectivity index (χ1v) is 4.87. The molecule has 0 amide bonds. The van der Waals surface area contributed by atoms with E-state index < -0.39 is 5.97 Å². The van der Waals surface area contributed by atoms with Gasteiger partial charge in [0, 0.05) is 0 Å². The lowest BCUT2D eigenvalue weighted by molar-refractivity contribution is -0.136. The Morgan fingerprint density at radius 1 is 1.53 bits per heavy atom. The third-order valence-electron chi connectivity index (χ3n) is 1.94. The maximum Gasteiger partial charge on any atom is 0.367 e. The number of rotatable bonds is 2. The normalized spacial score (nSPS) is 18.1. The standard InChI is InChI=1S/C10H8ClNO3/c1-6-2-3-7(14-6)4-8-9(5-11)12-15-10(8)13/h2-4H,5H2,1H3/b8-4+. The Bertz CT molecular complexity index is 459. The maximum absolute atomic E-state index is 11.2. The van der Waals surface area contributed by atoms with Crippen molar-refractivity contribution in [1.29, 1.82) is 0 Å². The van der Waals surface area contributed by atoms with Gasteiger partial charge in [-0.1, -0.05) is 5.16 Å². The minimum Gasteiger partial charge on any atom is -0.462 e. The van der Waals surface area contributed by atoms with Gasteiger partial charge < -0.3 is 9.25 Å². The second kappa shape index (κ2) is 3.90. The molecule has 4 nitrogen and oxygen atoms in total. The molecule has 1 aromatic heterocycles. The molecular formula is C10H8ClNO3. The van der Waals surface area contributed by atoms with Crippen molar-refractivity contribution in [2.75, 3.05) is 5.88 Å². The second-order valence-electron chi connectivity index (χ2n) is 3.06. The first-order valence-electron chi connectivity index (χ1n) is 4.33. The summed E-state index contributed by atoms with van der Waals surface area (Å²) in [5, 5.41) is 3.54. The molecule has 0 bridgehead atoms. The first-order chi connectivity index (χ1) is 7.20. The molecule has 78 valence electrons. The molecule has 2 heterocycles. The Morgan fingerprint density at radius 2 is 2.33 bits per heavy atom. The Balaban J connectivity index is 2.33. The molecule has 0 saturated heterocycles. The molecule has 0 fully saturated rings. The van der Waals surface area contributed by atoms with Crippen LogP contribution in [-0.4, -0.2) is 17.6 Å². The van der Waals surface area contributed by atoms with Gasteiger partial charge in [-0.2, -0.15) is 0 Å². The first kappa shape index (κ1) is 9.98. The van der Waals surface area contributed by atoms with E-state index in [1.54, 1.807) is 12.1 Å². The summed E-state index contributed by atoms with van der Waals surface area (Å²) in [6, 6.07) is 3.57. The molecule has 2 rings (SSSR count). The predicted octanol–water partition coefficient (Wildman–Crippen LogP) is 2.12. The zero-order valence-corrected chi connectivity index (χ0v) is 8.75. The molecule has 1 aliphatic rings. The highest BCUT2D eigenvalue weighted by atomic mass is 35.5. The number of carbonyl (C=O) groups is 1. The van der Waals surface area contributed by atoms with Gasteiger partial charge in [-0.05, 0) is 25.1 Å². The zero-order chi connectivity index (χ0) is 10.8. The van der Waals surface area contributed by atoms with E-state index in [4.69, 9.17) is 16.0 Å². The molecule has 0 atom stereocenters. The van der Waals surface area contributed by atoms with Crippen LogP contribution in [-0.2, 0) is 9.63 Å². The number of oxime groups is 1. The van der Waals surface area contributed by atoms with Gasteiger partial charge in [0.15, 0.2) is 0 Å². The highest BCUT2D eigenvalue weighted by molar-refractivity contribution is 6.38. The summed E-state index contributed by atoms with van der Waals surface area (Å²) in [4.78, 5) is 15.8. The van der Waals surface area contributed by atoms with Crippen LogP contribution in [0.5, 0.6) is 0 Å². The minimum atomic E-state index is -0.500. The van der Waals surface area contributed by atoms with E-state index in [-0.39, 0.29) is 5.88 Å². The van der Waals surface area contributed by atoms with Crippen LogP contribution in [0.3, 0.4) is 0 Å². The van der Waals surface area contributed by atoms with Crippen molar-refractivity contribution in [3.63, 3.8) is 0 Å². The smallest absolute Gasteiger partial charge is 0.367 e. The van der Waals surface area contributed by atoms with E-state index in [1.165, 1.54) is 0 Å². The van der Waals surface area contributed by atoms with Crippen LogP contribution in [0.25, 0.3) is 6.08 Å². The summed E-state index contributed by atoms with van der Waals surface area (Å²) in [7, 11) is 0. The van der Waals surface area contributed by atoms with Crippen molar-refractivity contribution in [3.8, 4) is 0 Å². The number of furan rings is 1. The van der Waals surface area contributed by atoms with Gasteiger partial charge in [0.25, 0.3) is 0 Å². The summed E-state index contributed by atoms with van der Waals surface area (Å²) in [5.74, 6) is 0.994. The average molecular weight is 226 g/mol. The summed E-state index contributed by atoms with van der Waals surface area (Å²) in [6.07, 6.45) is 1.57. The van der Waals surface area contributed by atoms with Gasteiger partial charge in [0.05, 0.1) is 11.5 Å². The van der Waals surface area contributed by atoms with Crippen LogP contribution >= 0.6 is 11.6 Å². The molecule has 0 aliphatic carbocycles. The molecular weight excluding hydrogens is 218 g/mol. The maximum atomic E-state index is 11.2. The van der Waals surface area contributed by atoms with Crippen molar-refractivity contribution in [2.24, 2.45) is 5.16 Å². The van der Waals surface area contributed by atoms with Crippen LogP contribution < -0.4 is 0 Å². The number of halogens is 1. The van der Waals surface area contributed by atoms with Crippen LogP contribution in [0.2, 0.25) is 0 Å². The number of hydrogen-bond acceptors (Lipinski definition) is 4. The summed E-state index contributed by atoms with van der Waals surface area (Å²) in [6.45, 7) is 1.82. The predicted molar refractivity (Wildman–Crippen MR) is 55.7 cm³/mol. The van der Waals surface area contributed by atoms with Gasteiger partial charge in [0.2, 0.25) is 0 Å². The number of hydrogen-bond donors (Lipinski definition) is 0. The number of alkyl halides is 1. The number of aryl methyl sites for hydroxylation is 1. The monoisotopic (exact) mass is 225 g/mol. The zero-order valence-electron chi connectivity index (χ0n) is 7.99. The lowest BCUT2D eigenvalue weighted by atomic mass is 10.1. The fraction of sp³-hybridized carbons (Fsp3) is 0.200. The van der Waals surface area contributed by atoms with Crippen molar-refractivity contribution < 1.29 is 14.0 Å². The van der Waals surface area contributed by atoms with Crippen molar-refractivity contribution in [2.45, 2.75) is 6.92 Å². The SMILES string of the molecule is Cc1ccc(/C=C2/C(=O)ON=C2CCl)o1. The molecule has 1 aliphatic heterocycles. The molecule has 0 saturated carbocycles. The summed E-state index contributed by atoms with van der Waals surface area (Å²) >= 11 is 5.60.